The Balaban J connectivity index is 2.02. The minimum atomic E-state index is -3.78. The van der Waals surface area contributed by atoms with Crippen molar-refractivity contribution in [2.24, 2.45) is 0 Å². The molecule has 208 valence electrons. The summed E-state index contributed by atoms with van der Waals surface area (Å²) in [5.74, 6) is -0.722. The van der Waals surface area contributed by atoms with Crippen LogP contribution in [0.5, 0.6) is 0 Å². The van der Waals surface area contributed by atoms with Crippen molar-refractivity contribution < 1.29 is 18.0 Å². The molecule has 0 fully saturated rings. The van der Waals surface area contributed by atoms with Gasteiger partial charge in [-0.05, 0) is 48.6 Å². The highest BCUT2D eigenvalue weighted by Gasteiger charge is 2.33. The lowest BCUT2D eigenvalue weighted by Gasteiger charge is -2.34. The third-order valence-electron chi connectivity index (χ3n) is 6.78. The van der Waals surface area contributed by atoms with E-state index in [0.717, 1.165) is 40.1 Å². The van der Waals surface area contributed by atoms with Gasteiger partial charge >= 0.3 is 0 Å². The van der Waals surface area contributed by atoms with E-state index >= 15 is 0 Å². The molecule has 3 aromatic carbocycles. The van der Waals surface area contributed by atoms with Crippen molar-refractivity contribution in [1.82, 2.24) is 10.2 Å². The van der Waals surface area contributed by atoms with E-state index in [9.17, 15) is 18.0 Å². The van der Waals surface area contributed by atoms with Crippen molar-refractivity contribution in [1.29, 1.82) is 0 Å². The highest BCUT2D eigenvalue weighted by molar-refractivity contribution is 7.92. The highest BCUT2D eigenvalue weighted by atomic mass is 32.2. The van der Waals surface area contributed by atoms with Gasteiger partial charge in [0.2, 0.25) is 21.8 Å². The van der Waals surface area contributed by atoms with Gasteiger partial charge in [-0.25, -0.2) is 8.42 Å². The number of carbonyl (C=O) groups is 2. The van der Waals surface area contributed by atoms with Crippen LogP contribution in [0.3, 0.4) is 0 Å². The van der Waals surface area contributed by atoms with Gasteiger partial charge in [0, 0.05) is 19.0 Å². The first-order chi connectivity index (χ1) is 18.6. The molecule has 8 heteroatoms. The summed E-state index contributed by atoms with van der Waals surface area (Å²) in [7, 11) is -3.78. The second kappa shape index (κ2) is 13.9. The first-order valence-corrected chi connectivity index (χ1v) is 15.2. The fraction of sp³-hybridized carbons (Fsp3) is 0.355. The number of nitrogens with zero attached hydrogens (tertiary/aromatic N) is 2. The van der Waals surface area contributed by atoms with Crippen molar-refractivity contribution in [2.45, 2.75) is 58.7 Å². The number of aryl methyl sites for hydroxylation is 1. The Morgan fingerprint density at radius 1 is 0.821 bits per heavy atom. The number of hydrogen-bond donors (Lipinski definition) is 1. The van der Waals surface area contributed by atoms with E-state index in [2.05, 4.69) is 5.32 Å². The summed E-state index contributed by atoms with van der Waals surface area (Å²) < 4.78 is 26.8. The van der Waals surface area contributed by atoms with Crippen molar-refractivity contribution in [3.63, 3.8) is 0 Å². The van der Waals surface area contributed by atoms with Crippen LogP contribution in [0.15, 0.2) is 84.9 Å². The highest BCUT2D eigenvalue weighted by Crippen LogP contribution is 2.21. The fourth-order valence-electron chi connectivity index (χ4n) is 4.29. The van der Waals surface area contributed by atoms with Crippen LogP contribution >= 0.6 is 0 Å². The van der Waals surface area contributed by atoms with Gasteiger partial charge in [0.25, 0.3) is 0 Å². The van der Waals surface area contributed by atoms with E-state index < -0.39 is 28.5 Å². The molecule has 0 unspecified atom stereocenters. The minimum absolute atomic E-state index is 0.0750. The predicted molar refractivity (Wildman–Crippen MR) is 157 cm³/mol. The molecule has 0 heterocycles. The van der Waals surface area contributed by atoms with E-state index in [0.29, 0.717) is 12.1 Å². The number of benzene rings is 3. The Kier molecular flexibility index (Phi) is 10.7. The van der Waals surface area contributed by atoms with Crippen LogP contribution in [0.2, 0.25) is 0 Å². The molecule has 39 heavy (non-hydrogen) atoms. The topological polar surface area (TPSA) is 86.8 Å². The summed E-state index contributed by atoms with van der Waals surface area (Å²) in [4.78, 5) is 29.2. The number of anilines is 1. The van der Waals surface area contributed by atoms with Crippen LogP contribution in [-0.2, 0) is 39.0 Å². The fourth-order valence-corrected chi connectivity index (χ4v) is 5.14. The van der Waals surface area contributed by atoms with Crippen LogP contribution in [0.25, 0.3) is 0 Å². The maximum Gasteiger partial charge on any atom is 0.244 e. The van der Waals surface area contributed by atoms with Crippen LogP contribution in [0.1, 0.15) is 43.9 Å². The Morgan fingerprint density at radius 3 is 1.90 bits per heavy atom. The zero-order valence-electron chi connectivity index (χ0n) is 23.2. The van der Waals surface area contributed by atoms with Gasteiger partial charge in [-0.2, -0.15) is 0 Å². The molecule has 0 saturated heterocycles. The van der Waals surface area contributed by atoms with E-state index in [1.807, 2.05) is 93.6 Å². The predicted octanol–water partition coefficient (Wildman–Crippen LogP) is 4.57. The van der Waals surface area contributed by atoms with Gasteiger partial charge < -0.3 is 10.2 Å². The molecule has 0 aliphatic heterocycles. The van der Waals surface area contributed by atoms with E-state index in [4.69, 9.17) is 0 Å². The number of rotatable bonds is 13. The molecule has 3 rings (SSSR count). The summed E-state index contributed by atoms with van der Waals surface area (Å²) in [5, 5.41) is 3.03. The molecule has 0 radical (unpaired) electrons. The maximum absolute atomic E-state index is 14.0. The molecule has 0 saturated carbocycles. The largest absolute Gasteiger partial charge is 0.352 e. The molecule has 1 N–H and O–H groups in total. The lowest BCUT2D eigenvalue weighted by atomic mass is 10.0. The molecule has 2 amide bonds. The van der Waals surface area contributed by atoms with Crippen LogP contribution in [0.4, 0.5) is 5.69 Å². The third-order valence-corrected chi connectivity index (χ3v) is 7.92. The number of nitrogens with one attached hydrogen (secondary N) is 1. The molecule has 2 atom stereocenters. The summed E-state index contributed by atoms with van der Waals surface area (Å²) in [6, 6.07) is 25.2. The average Bonchev–Trinajstić information content (AvgIpc) is 2.94. The molecular weight excluding hydrogens is 510 g/mol. The molecule has 0 aliphatic rings. The van der Waals surface area contributed by atoms with Crippen LogP contribution < -0.4 is 9.62 Å². The SMILES string of the molecule is CCc1ccc(N(CC(=O)N(Cc2ccccc2)[C@@H](Cc2ccccc2)C(=O)N[C@H](C)CC)S(C)(=O)=O)cc1. The molecule has 7 nitrogen and oxygen atoms in total. The Morgan fingerprint density at radius 2 is 1.38 bits per heavy atom. The quantitative estimate of drug-likeness (QED) is 0.338. The normalized spacial score (nSPS) is 12.8. The van der Waals surface area contributed by atoms with Crippen LogP contribution in [0, 0.1) is 0 Å². The second-order valence-corrected chi connectivity index (χ2v) is 11.7. The summed E-state index contributed by atoms with van der Waals surface area (Å²) in [5.41, 5.74) is 3.22. The number of hydrogen-bond acceptors (Lipinski definition) is 4. The standard InChI is InChI=1S/C31H39N3O4S/c1-5-24(3)32-31(36)29(21-26-13-9-7-10-14-26)33(22-27-15-11-8-12-16-27)30(35)23-34(39(4,37)38)28-19-17-25(6-2)18-20-28/h7-20,24,29H,5-6,21-23H2,1-4H3,(H,32,36)/t24-,29+/m1/s1. The number of carbonyl (C=O) groups excluding carboxylic acids is 2. The van der Waals surface area contributed by atoms with E-state index in [-0.39, 0.29) is 18.5 Å². The third kappa shape index (κ3) is 8.68. The molecule has 0 bridgehead atoms. The lowest BCUT2D eigenvalue weighted by molar-refractivity contribution is -0.140. The Labute approximate surface area is 232 Å². The van der Waals surface area contributed by atoms with E-state index in [1.165, 1.54) is 4.90 Å². The van der Waals surface area contributed by atoms with Crippen molar-refractivity contribution >= 4 is 27.5 Å². The molecule has 3 aromatic rings. The van der Waals surface area contributed by atoms with Gasteiger partial charge in [-0.15, -0.1) is 0 Å². The summed E-state index contributed by atoms with van der Waals surface area (Å²) in [6.07, 6.45) is 2.94. The van der Waals surface area contributed by atoms with Gasteiger partial charge in [0.15, 0.2) is 0 Å². The maximum atomic E-state index is 14.0. The molecule has 0 spiro atoms. The Bertz CT molecular complexity index is 1310. The van der Waals surface area contributed by atoms with Gasteiger partial charge in [-0.1, -0.05) is 86.6 Å². The first-order valence-electron chi connectivity index (χ1n) is 13.4. The monoisotopic (exact) mass is 549 g/mol. The molecule has 0 aromatic heterocycles. The summed E-state index contributed by atoms with van der Waals surface area (Å²) in [6.45, 7) is 5.67. The van der Waals surface area contributed by atoms with Crippen LogP contribution in [-0.4, -0.2) is 50.0 Å². The molecular formula is C31H39N3O4S. The zero-order chi connectivity index (χ0) is 28.4. The van der Waals surface area contributed by atoms with Crippen molar-refractivity contribution in [3.05, 3.63) is 102 Å². The average molecular weight is 550 g/mol. The lowest BCUT2D eigenvalue weighted by Crippen LogP contribution is -2.54. The minimum Gasteiger partial charge on any atom is -0.352 e. The van der Waals surface area contributed by atoms with E-state index in [1.54, 1.807) is 12.1 Å². The molecule has 0 aliphatic carbocycles. The van der Waals surface area contributed by atoms with Crippen molar-refractivity contribution in [3.8, 4) is 0 Å². The summed E-state index contributed by atoms with van der Waals surface area (Å²) >= 11 is 0. The Hall–Kier alpha value is -3.65. The van der Waals surface area contributed by atoms with Gasteiger partial charge in [0.1, 0.15) is 12.6 Å². The number of sulfonamides is 1. The first kappa shape index (κ1) is 29.9. The van der Waals surface area contributed by atoms with Gasteiger partial charge in [-0.3, -0.25) is 13.9 Å². The van der Waals surface area contributed by atoms with Gasteiger partial charge in [0.05, 0.1) is 11.9 Å². The zero-order valence-corrected chi connectivity index (χ0v) is 24.0. The van der Waals surface area contributed by atoms with Crippen molar-refractivity contribution in [2.75, 3.05) is 17.1 Å². The smallest absolute Gasteiger partial charge is 0.244 e. The second-order valence-electron chi connectivity index (χ2n) is 9.82. The number of amides is 2.